The SMILES string of the molecule is CN(C(=O)Oc1ccc(Cl)cc1)C1CN(C(=O)C2CCN(C(=O)C3(C)CC3)CC2)CC1c1ccc(Cl)c(Cl)c1. The van der Waals surface area contributed by atoms with Crippen molar-refractivity contribution in [2.45, 2.75) is 44.6 Å². The van der Waals surface area contributed by atoms with Crippen LogP contribution in [0.15, 0.2) is 42.5 Å². The lowest BCUT2D eigenvalue weighted by Gasteiger charge is -2.34. The van der Waals surface area contributed by atoms with E-state index in [0.29, 0.717) is 59.8 Å². The molecule has 3 aliphatic rings. The molecule has 0 bridgehead atoms. The molecule has 0 radical (unpaired) electrons. The summed E-state index contributed by atoms with van der Waals surface area (Å²) >= 11 is 18.5. The van der Waals surface area contributed by atoms with Crippen molar-refractivity contribution in [3.05, 3.63) is 63.1 Å². The first-order valence-corrected chi connectivity index (χ1v) is 14.4. The highest BCUT2D eigenvalue weighted by Gasteiger charge is 2.48. The molecule has 3 fully saturated rings. The summed E-state index contributed by atoms with van der Waals surface area (Å²) in [5.41, 5.74) is 0.700. The van der Waals surface area contributed by atoms with Crippen LogP contribution in [0.5, 0.6) is 5.75 Å². The van der Waals surface area contributed by atoms with Gasteiger partial charge in [0.05, 0.1) is 16.1 Å². The maximum absolute atomic E-state index is 13.7. The van der Waals surface area contributed by atoms with Crippen molar-refractivity contribution in [3.63, 3.8) is 0 Å². The van der Waals surface area contributed by atoms with Crippen LogP contribution in [-0.2, 0) is 9.59 Å². The average molecular weight is 593 g/mol. The van der Waals surface area contributed by atoms with Gasteiger partial charge in [0.2, 0.25) is 11.8 Å². The highest BCUT2D eigenvalue weighted by atomic mass is 35.5. The van der Waals surface area contributed by atoms with E-state index in [0.717, 1.165) is 18.4 Å². The van der Waals surface area contributed by atoms with Gasteiger partial charge in [-0.1, -0.05) is 47.8 Å². The summed E-state index contributed by atoms with van der Waals surface area (Å²) in [5.74, 6) is 0.333. The number of piperidine rings is 1. The van der Waals surface area contributed by atoms with E-state index in [-0.39, 0.29) is 35.1 Å². The number of hydrogen-bond acceptors (Lipinski definition) is 4. The van der Waals surface area contributed by atoms with E-state index >= 15 is 0 Å². The first-order chi connectivity index (χ1) is 18.6. The molecule has 0 aromatic heterocycles. The Hall–Kier alpha value is -2.48. The topological polar surface area (TPSA) is 70.2 Å². The van der Waals surface area contributed by atoms with Crippen LogP contribution in [-0.4, -0.2) is 71.9 Å². The summed E-state index contributed by atoms with van der Waals surface area (Å²) in [6.45, 7) is 4.04. The highest BCUT2D eigenvalue weighted by Crippen LogP contribution is 2.47. The fourth-order valence-corrected chi connectivity index (χ4v) is 6.04. The summed E-state index contributed by atoms with van der Waals surface area (Å²) in [6.07, 6.45) is 2.66. The molecule has 0 spiro atoms. The predicted molar refractivity (Wildman–Crippen MR) is 151 cm³/mol. The first kappa shape index (κ1) is 28.1. The minimum Gasteiger partial charge on any atom is -0.410 e. The Labute approximate surface area is 243 Å². The number of ether oxygens (including phenoxy) is 1. The van der Waals surface area contributed by atoms with Gasteiger partial charge in [-0.2, -0.15) is 0 Å². The number of halogens is 3. The Morgan fingerprint density at radius 2 is 1.59 bits per heavy atom. The molecule has 2 aromatic carbocycles. The van der Waals surface area contributed by atoms with Crippen LogP contribution in [0.25, 0.3) is 0 Å². The smallest absolute Gasteiger partial charge is 0.410 e. The zero-order chi connectivity index (χ0) is 27.9. The minimum absolute atomic E-state index is 0.0618. The van der Waals surface area contributed by atoms with Gasteiger partial charge in [0, 0.05) is 55.5 Å². The standard InChI is InChI=1S/C29H32Cl3N3O4/c1-29(11-12-29)27(37)34-13-9-18(10-14-34)26(36)35-16-22(19-3-8-23(31)24(32)15-19)25(17-35)33(2)28(38)39-21-6-4-20(30)5-7-21/h3-8,15,18,22,25H,9-14,16-17H2,1-2H3. The Bertz CT molecular complexity index is 1260. The predicted octanol–water partition coefficient (Wildman–Crippen LogP) is 6.11. The largest absolute Gasteiger partial charge is 0.415 e. The molecule has 1 saturated carbocycles. The third-order valence-corrected chi connectivity index (χ3v) is 9.42. The summed E-state index contributed by atoms with van der Waals surface area (Å²) in [5, 5.41) is 1.41. The highest BCUT2D eigenvalue weighted by molar-refractivity contribution is 6.42. The fourth-order valence-electron chi connectivity index (χ4n) is 5.61. The van der Waals surface area contributed by atoms with Crippen molar-refractivity contribution in [1.82, 2.24) is 14.7 Å². The van der Waals surface area contributed by atoms with E-state index in [1.165, 1.54) is 0 Å². The second-order valence-electron chi connectivity index (χ2n) is 11.2. The van der Waals surface area contributed by atoms with E-state index < -0.39 is 6.09 Å². The van der Waals surface area contributed by atoms with Crippen molar-refractivity contribution in [2.75, 3.05) is 33.2 Å². The quantitative estimate of drug-likeness (QED) is 0.420. The van der Waals surface area contributed by atoms with Gasteiger partial charge in [-0.15, -0.1) is 0 Å². The van der Waals surface area contributed by atoms with E-state index in [2.05, 4.69) is 0 Å². The van der Waals surface area contributed by atoms with Crippen LogP contribution in [0.2, 0.25) is 15.1 Å². The van der Waals surface area contributed by atoms with Crippen LogP contribution in [0.3, 0.4) is 0 Å². The Morgan fingerprint density at radius 3 is 2.21 bits per heavy atom. The van der Waals surface area contributed by atoms with E-state index in [1.807, 2.05) is 22.8 Å². The summed E-state index contributed by atoms with van der Waals surface area (Å²) < 4.78 is 5.59. The van der Waals surface area contributed by atoms with Crippen molar-refractivity contribution in [1.29, 1.82) is 0 Å². The summed E-state index contributed by atoms with van der Waals surface area (Å²) in [7, 11) is 1.68. The van der Waals surface area contributed by atoms with Gasteiger partial charge in [0.1, 0.15) is 5.75 Å². The van der Waals surface area contributed by atoms with Crippen LogP contribution in [0.1, 0.15) is 44.1 Å². The maximum Gasteiger partial charge on any atom is 0.415 e. The van der Waals surface area contributed by atoms with Crippen LogP contribution in [0, 0.1) is 11.3 Å². The average Bonchev–Trinajstić information content (AvgIpc) is 3.53. The fraction of sp³-hybridized carbons (Fsp3) is 0.483. The Balaban J connectivity index is 1.30. The second kappa shape index (κ2) is 11.2. The molecule has 2 atom stereocenters. The minimum atomic E-state index is -0.526. The third-order valence-electron chi connectivity index (χ3n) is 8.42. The van der Waals surface area contributed by atoms with E-state index in [9.17, 15) is 14.4 Å². The molecule has 2 aromatic rings. The number of hydrogen-bond donors (Lipinski definition) is 0. The molecule has 0 N–H and O–H groups in total. The molecule has 1 aliphatic carbocycles. The van der Waals surface area contributed by atoms with Crippen LogP contribution in [0.4, 0.5) is 4.79 Å². The summed E-state index contributed by atoms with van der Waals surface area (Å²) in [4.78, 5) is 44.9. The number of rotatable bonds is 5. The monoisotopic (exact) mass is 591 g/mol. The zero-order valence-corrected chi connectivity index (χ0v) is 24.3. The van der Waals surface area contributed by atoms with Gasteiger partial charge < -0.3 is 19.4 Å². The lowest BCUT2D eigenvalue weighted by atomic mass is 9.93. The van der Waals surface area contributed by atoms with E-state index in [1.54, 1.807) is 48.3 Å². The zero-order valence-electron chi connectivity index (χ0n) is 22.0. The van der Waals surface area contributed by atoms with Crippen molar-refractivity contribution >= 4 is 52.7 Å². The van der Waals surface area contributed by atoms with Crippen molar-refractivity contribution in [2.24, 2.45) is 11.3 Å². The molecule has 39 heavy (non-hydrogen) atoms. The molecule has 10 heteroatoms. The molecular weight excluding hydrogens is 561 g/mol. The van der Waals surface area contributed by atoms with Crippen LogP contribution >= 0.6 is 34.8 Å². The Kier molecular flexibility index (Phi) is 8.05. The van der Waals surface area contributed by atoms with E-state index in [4.69, 9.17) is 39.5 Å². The van der Waals surface area contributed by atoms with Crippen molar-refractivity contribution < 1.29 is 19.1 Å². The van der Waals surface area contributed by atoms with Gasteiger partial charge >= 0.3 is 6.09 Å². The number of carbonyl (C=O) groups excluding carboxylic acids is 3. The molecule has 2 heterocycles. The van der Waals surface area contributed by atoms with Crippen molar-refractivity contribution in [3.8, 4) is 5.75 Å². The molecule has 2 aliphatic heterocycles. The Morgan fingerprint density at radius 1 is 0.923 bits per heavy atom. The lowest BCUT2D eigenvalue weighted by Crippen LogP contribution is -2.46. The molecule has 2 unspecified atom stereocenters. The third kappa shape index (κ3) is 6.01. The lowest BCUT2D eigenvalue weighted by molar-refractivity contribution is -0.142. The number of carbonyl (C=O) groups is 3. The number of benzene rings is 2. The van der Waals surface area contributed by atoms with Gasteiger partial charge in [0.25, 0.3) is 0 Å². The normalized spacial score (nSPS) is 22.5. The molecule has 3 amide bonds. The number of amides is 3. The van der Waals surface area contributed by atoms with Crippen LogP contribution < -0.4 is 4.74 Å². The maximum atomic E-state index is 13.7. The number of likely N-dealkylation sites (N-methyl/N-ethyl adjacent to an activating group) is 1. The second-order valence-corrected chi connectivity index (χ2v) is 12.4. The number of likely N-dealkylation sites (tertiary alicyclic amines) is 2. The molecule has 5 rings (SSSR count). The van der Waals surface area contributed by atoms with Gasteiger partial charge in [-0.05, 0) is 67.6 Å². The van der Waals surface area contributed by atoms with Gasteiger partial charge in [-0.3, -0.25) is 9.59 Å². The number of nitrogens with zero attached hydrogens (tertiary/aromatic N) is 3. The first-order valence-electron chi connectivity index (χ1n) is 13.3. The molecule has 208 valence electrons. The molecule has 7 nitrogen and oxygen atoms in total. The van der Waals surface area contributed by atoms with Gasteiger partial charge in [-0.25, -0.2) is 4.79 Å². The summed E-state index contributed by atoms with van der Waals surface area (Å²) in [6, 6.07) is 11.7. The molecule has 2 saturated heterocycles. The van der Waals surface area contributed by atoms with Gasteiger partial charge in [0.15, 0.2) is 0 Å². The molecular formula is C29H32Cl3N3O4.